The van der Waals surface area contributed by atoms with E-state index in [0.717, 1.165) is 79.4 Å². The monoisotopic (exact) mass is 537 g/mol. The standard InChI is InChI=1S/C21H29BrClN9O/c1-4-30(5-2)7-6-12-33-20-14(3)18(26-21(23)27-20)31-8-10-32(11-9-31)19-15-16(22)28-29-17(15)24-13-25-19/h13H,4-12H2,1-3H3,(H,24,25,28,29). The molecule has 0 spiro atoms. The molecule has 1 saturated heterocycles. The molecule has 4 rings (SSSR count). The Bertz CT molecular complexity index is 1080. The van der Waals surface area contributed by atoms with Gasteiger partial charge in [-0.2, -0.15) is 10.1 Å². The molecule has 12 heteroatoms. The molecule has 1 aliphatic rings. The smallest absolute Gasteiger partial charge is 0.227 e. The zero-order chi connectivity index (χ0) is 23.4. The van der Waals surface area contributed by atoms with Crippen molar-refractivity contribution in [2.45, 2.75) is 27.2 Å². The van der Waals surface area contributed by atoms with Crippen LogP contribution < -0.4 is 14.5 Å². The van der Waals surface area contributed by atoms with Crippen LogP contribution in [0.5, 0.6) is 5.88 Å². The van der Waals surface area contributed by atoms with E-state index in [1.165, 1.54) is 0 Å². The number of piperazine rings is 1. The van der Waals surface area contributed by atoms with Gasteiger partial charge in [-0.25, -0.2) is 15.0 Å². The van der Waals surface area contributed by atoms with Gasteiger partial charge in [0.15, 0.2) is 5.65 Å². The molecule has 1 fully saturated rings. The van der Waals surface area contributed by atoms with Crippen molar-refractivity contribution in [2.24, 2.45) is 0 Å². The maximum Gasteiger partial charge on any atom is 0.227 e. The maximum absolute atomic E-state index is 6.26. The van der Waals surface area contributed by atoms with Gasteiger partial charge < -0.3 is 19.4 Å². The Morgan fingerprint density at radius 1 is 1.09 bits per heavy atom. The lowest BCUT2D eigenvalue weighted by molar-refractivity contribution is 0.243. The summed E-state index contributed by atoms with van der Waals surface area (Å²) in [4.78, 5) is 24.4. The van der Waals surface area contributed by atoms with Gasteiger partial charge in [0.05, 0.1) is 17.6 Å². The minimum Gasteiger partial charge on any atom is -0.477 e. The van der Waals surface area contributed by atoms with Crippen LogP contribution in [-0.2, 0) is 0 Å². The van der Waals surface area contributed by atoms with Crippen molar-refractivity contribution in [3.63, 3.8) is 0 Å². The molecule has 0 atom stereocenters. The molecular weight excluding hydrogens is 510 g/mol. The molecule has 0 saturated carbocycles. The number of fused-ring (bicyclic) bond motifs is 1. The van der Waals surface area contributed by atoms with Gasteiger partial charge in [0.2, 0.25) is 11.2 Å². The summed E-state index contributed by atoms with van der Waals surface area (Å²) in [5.74, 6) is 2.26. The number of ether oxygens (including phenoxy) is 1. The highest BCUT2D eigenvalue weighted by Gasteiger charge is 2.25. The molecule has 0 bridgehead atoms. The molecule has 33 heavy (non-hydrogen) atoms. The minimum absolute atomic E-state index is 0.205. The van der Waals surface area contributed by atoms with Gasteiger partial charge in [-0.05, 0) is 54.0 Å². The zero-order valence-electron chi connectivity index (χ0n) is 19.2. The zero-order valence-corrected chi connectivity index (χ0v) is 21.5. The lowest BCUT2D eigenvalue weighted by Crippen LogP contribution is -2.47. The van der Waals surface area contributed by atoms with Gasteiger partial charge in [0, 0.05) is 32.7 Å². The van der Waals surface area contributed by atoms with Crippen LogP contribution in [0, 0.1) is 6.92 Å². The lowest BCUT2D eigenvalue weighted by atomic mass is 10.2. The third-order valence-electron chi connectivity index (χ3n) is 5.97. The van der Waals surface area contributed by atoms with Crippen molar-refractivity contribution in [1.82, 2.24) is 35.0 Å². The second kappa shape index (κ2) is 10.8. The number of hydrogen-bond donors (Lipinski definition) is 1. The van der Waals surface area contributed by atoms with Crippen molar-refractivity contribution < 1.29 is 4.74 Å². The van der Waals surface area contributed by atoms with Crippen molar-refractivity contribution in [3.05, 3.63) is 21.8 Å². The fraction of sp³-hybridized carbons (Fsp3) is 0.571. The van der Waals surface area contributed by atoms with Crippen LogP contribution in [0.2, 0.25) is 5.28 Å². The second-order valence-corrected chi connectivity index (χ2v) is 9.01. The Hall–Kier alpha value is -2.24. The number of hydrogen-bond acceptors (Lipinski definition) is 9. The lowest BCUT2D eigenvalue weighted by Gasteiger charge is -2.36. The number of nitrogens with zero attached hydrogens (tertiary/aromatic N) is 8. The summed E-state index contributed by atoms with van der Waals surface area (Å²) < 4.78 is 6.79. The van der Waals surface area contributed by atoms with Crippen LogP contribution in [0.25, 0.3) is 11.0 Å². The molecule has 0 aliphatic carbocycles. The summed E-state index contributed by atoms with van der Waals surface area (Å²) in [6.45, 7) is 13.1. The molecule has 1 aliphatic heterocycles. The van der Waals surface area contributed by atoms with Crippen LogP contribution in [-0.4, -0.2) is 87.5 Å². The Kier molecular flexibility index (Phi) is 7.82. The average Bonchev–Trinajstić information content (AvgIpc) is 3.22. The number of H-pyrrole nitrogens is 1. The molecule has 4 heterocycles. The van der Waals surface area contributed by atoms with E-state index in [4.69, 9.17) is 16.3 Å². The number of halogens is 2. The van der Waals surface area contributed by atoms with E-state index in [9.17, 15) is 0 Å². The highest BCUT2D eigenvalue weighted by atomic mass is 79.9. The van der Waals surface area contributed by atoms with E-state index in [0.29, 0.717) is 18.1 Å². The molecule has 3 aromatic heterocycles. The first-order valence-corrected chi connectivity index (χ1v) is 12.4. The van der Waals surface area contributed by atoms with Gasteiger partial charge in [-0.15, -0.1) is 0 Å². The van der Waals surface area contributed by atoms with E-state index in [1.54, 1.807) is 6.33 Å². The summed E-state index contributed by atoms with van der Waals surface area (Å²) >= 11 is 9.78. The quantitative estimate of drug-likeness (QED) is 0.325. The summed E-state index contributed by atoms with van der Waals surface area (Å²) in [5, 5.41) is 8.23. The molecular formula is C21H29BrClN9O. The molecule has 3 aromatic rings. The molecule has 0 aromatic carbocycles. The van der Waals surface area contributed by atoms with Crippen molar-refractivity contribution in [1.29, 1.82) is 0 Å². The SMILES string of the molecule is CCN(CC)CCCOc1nc(Cl)nc(N2CCN(c3ncnc4n[nH]c(Br)c34)CC2)c1C. The van der Waals surface area contributed by atoms with E-state index in [2.05, 4.69) is 74.6 Å². The molecule has 178 valence electrons. The Balaban J connectivity index is 1.42. The highest BCUT2D eigenvalue weighted by Crippen LogP contribution is 2.31. The van der Waals surface area contributed by atoms with Gasteiger partial charge in [0.1, 0.15) is 22.6 Å². The van der Waals surface area contributed by atoms with Crippen molar-refractivity contribution >= 4 is 50.2 Å². The van der Waals surface area contributed by atoms with Crippen LogP contribution in [0.3, 0.4) is 0 Å². The maximum atomic E-state index is 6.26. The van der Waals surface area contributed by atoms with Gasteiger partial charge >= 0.3 is 0 Å². The van der Waals surface area contributed by atoms with E-state index in [1.807, 2.05) is 6.92 Å². The summed E-state index contributed by atoms with van der Waals surface area (Å²) in [5.41, 5.74) is 1.56. The van der Waals surface area contributed by atoms with Crippen molar-refractivity contribution in [3.8, 4) is 5.88 Å². The number of rotatable bonds is 9. The third kappa shape index (κ3) is 5.30. The van der Waals surface area contributed by atoms with Gasteiger partial charge in [-0.3, -0.25) is 5.10 Å². The van der Waals surface area contributed by atoms with Gasteiger partial charge in [-0.1, -0.05) is 13.8 Å². The Labute approximate surface area is 206 Å². The van der Waals surface area contributed by atoms with Gasteiger partial charge in [0.25, 0.3) is 0 Å². The molecule has 1 N–H and O–H groups in total. The second-order valence-electron chi connectivity index (χ2n) is 7.88. The number of aromatic amines is 1. The topological polar surface area (TPSA) is 99.2 Å². The van der Waals surface area contributed by atoms with E-state index in [-0.39, 0.29) is 5.28 Å². The first-order valence-electron chi connectivity index (χ1n) is 11.3. The summed E-state index contributed by atoms with van der Waals surface area (Å²) in [6, 6.07) is 0. The fourth-order valence-electron chi connectivity index (χ4n) is 4.08. The fourth-order valence-corrected chi connectivity index (χ4v) is 4.68. The number of nitrogens with one attached hydrogen (secondary N) is 1. The van der Waals surface area contributed by atoms with Crippen LogP contribution in [0.15, 0.2) is 10.9 Å². The Morgan fingerprint density at radius 2 is 1.79 bits per heavy atom. The summed E-state index contributed by atoms with van der Waals surface area (Å²) in [7, 11) is 0. The predicted molar refractivity (Wildman–Crippen MR) is 133 cm³/mol. The first kappa shape index (κ1) is 23.9. The predicted octanol–water partition coefficient (Wildman–Crippen LogP) is 3.30. The molecule has 0 unspecified atom stereocenters. The Morgan fingerprint density at radius 3 is 2.48 bits per heavy atom. The van der Waals surface area contributed by atoms with E-state index >= 15 is 0 Å². The molecule has 10 nitrogen and oxygen atoms in total. The largest absolute Gasteiger partial charge is 0.477 e. The van der Waals surface area contributed by atoms with Crippen molar-refractivity contribution in [2.75, 3.05) is 62.2 Å². The number of aromatic nitrogens is 6. The molecule has 0 radical (unpaired) electrons. The normalized spacial score (nSPS) is 14.5. The minimum atomic E-state index is 0.205. The van der Waals surface area contributed by atoms with Crippen LogP contribution >= 0.6 is 27.5 Å². The van der Waals surface area contributed by atoms with Crippen LogP contribution in [0.1, 0.15) is 25.8 Å². The number of anilines is 2. The summed E-state index contributed by atoms with van der Waals surface area (Å²) in [6.07, 6.45) is 2.49. The average molecular weight is 539 g/mol. The third-order valence-corrected chi connectivity index (χ3v) is 6.71. The van der Waals surface area contributed by atoms with Crippen LogP contribution in [0.4, 0.5) is 11.6 Å². The highest BCUT2D eigenvalue weighted by molar-refractivity contribution is 9.10. The molecule has 0 amide bonds. The first-order chi connectivity index (χ1) is 16.0. The van der Waals surface area contributed by atoms with E-state index < -0.39 is 0 Å².